The molecule has 1 aliphatic heterocycles. The first-order valence-electron chi connectivity index (χ1n) is 16.2. The molecule has 0 spiro atoms. The van der Waals surface area contributed by atoms with E-state index >= 15 is 0 Å². The van der Waals surface area contributed by atoms with Crippen LogP contribution in [0.3, 0.4) is 0 Å². The Bertz CT molecular complexity index is 1730. The molecule has 1 N–H and O–H groups in total. The number of hydrogen-bond donors (Lipinski definition) is 1. The molecule has 0 amide bonds. The predicted molar refractivity (Wildman–Crippen MR) is 191 cm³/mol. The molecule has 0 saturated carbocycles. The third kappa shape index (κ3) is 8.61. The molecule has 10 nitrogen and oxygen atoms in total. The van der Waals surface area contributed by atoms with Crippen molar-refractivity contribution in [2.24, 2.45) is 0 Å². The van der Waals surface area contributed by atoms with Crippen LogP contribution in [-0.4, -0.2) is 87.4 Å². The Balaban J connectivity index is 1.62. The molecule has 4 aromatic rings. The number of rotatable bonds is 14. The fraction of sp³-hybridized carbons (Fsp3) is 0.545. The van der Waals surface area contributed by atoms with Crippen molar-refractivity contribution < 1.29 is 23.0 Å². The molecule has 1 aromatic carbocycles. The number of benzene rings is 1. The molecule has 0 bridgehead atoms. The Hall–Kier alpha value is -2.69. The van der Waals surface area contributed by atoms with Gasteiger partial charge >= 0.3 is 0 Å². The van der Waals surface area contributed by atoms with Crippen molar-refractivity contribution in [2.75, 3.05) is 43.1 Å². The van der Waals surface area contributed by atoms with Crippen LogP contribution in [0.2, 0.25) is 51.4 Å². The van der Waals surface area contributed by atoms with E-state index < -0.39 is 26.0 Å². The van der Waals surface area contributed by atoms with Gasteiger partial charge in [0.05, 0.1) is 35.5 Å². The van der Waals surface area contributed by atoms with Crippen LogP contribution in [0, 0.1) is 0 Å². The number of aromatic nitrogens is 4. The summed E-state index contributed by atoms with van der Waals surface area (Å²) in [5.74, 6) is 0.759. The second kappa shape index (κ2) is 14.2. The minimum atomic E-state index is -3.09. The third-order valence-corrected chi connectivity index (χ3v) is 13.7. The van der Waals surface area contributed by atoms with Gasteiger partial charge in [-0.15, -0.1) is 0 Å². The van der Waals surface area contributed by atoms with Crippen LogP contribution in [0.5, 0.6) is 0 Å². The van der Waals surface area contributed by atoms with Crippen molar-refractivity contribution in [3.63, 3.8) is 0 Å². The average molecular weight is 684 g/mol. The zero-order valence-electron chi connectivity index (χ0n) is 28.1. The number of aliphatic hydroxyl groups is 1. The van der Waals surface area contributed by atoms with Gasteiger partial charge in [-0.3, -0.25) is 4.98 Å². The van der Waals surface area contributed by atoms with Crippen LogP contribution in [0.4, 0.5) is 5.82 Å². The van der Waals surface area contributed by atoms with E-state index in [1.807, 2.05) is 35.4 Å². The summed E-state index contributed by atoms with van der Waals surface area (Å²) in [7, 11) is -5.71. The van der Waals surface area contributed by atoms with Gasteiger partial charge in [0.15, 0.2) is 5.65 Å². The highest BCUT2D eigenvalue weighted by molar-refractivity contribution is 7.91. The second-order valence-electron chi connectivity index (χ2n) is 14.8. The second-order valence-corrected chi connectivity index (χ2v) is 28.4. The minimum Gasteiger partial charge on any atom is -0.391 e. The van der Waals surface area contributed by atoms with Gasteiger partial charge in [0.2, 0.25) is 0 Å². The maximum absolute atomic E-state index is 12.4. The molecule has 4 heterocycles. The summed E-state index contributed by atoms with van der Waals surface area (Å²) in [6.07, 6.45) is 4.55. The summed E-state index contributed by atoms with van der Waals surface area (Å²) in [5.41, 5.74) is 4.57. The van der Waals surface area contributed by atoms with Crippen LogP contribution in [0.25, 0.3) is 27.7 Å². The SMILES string of the molecule is C[Si](C)(C)CCOCN(COCC[Si](C)(C)C)c1c(CO)c(C2CCS(=O)(=O)CC2)nc2c(-c3cnc4ccccc4c3)cnn12. The smallest absolute Gasteiger partial charge is 0.165 e. The number of sulfone groups is 1. The Labute approximate surface area is 275 Å². The number of pyridine rings is 1. The number of fused-ring (bicyclic) bond motifs is 2. The van der Waals surface area contributed by atoms with Crippen molar-refractivity contribution >= 4 is 48.4 Å². The Morgan fingerprint density at radius 1 is 0.957 bits per heavy atom. The first kappa shape index (κ1) is 34.6. The van der Waals surface area contributed by atoms with E-state index in [0.29, 0.717) is 48.8 Å². The van der Waals surface area contributed by atoms with Gasteiger partial charge in [0.1, 0.15) is 29.1 Å². The highest BCUT2D eigenvalue weighted by Gasteiger charge is 2.31. The summed E-state index contributed by atoms with van der Waals surface area (Å²) in [5, 5.41) is 16.8. The molecule has 1 fully saturated rings. The van der Waals surface area contributed by atoms with E-state index in [9.17, 15) is 13.5 Å². The van der Waals surface area contributed by atoms with Crippen molar-refractivity contribution in [2.45, 2.75) is 76.7 Å². The van der Waals surface area contributed by atoms with E-state index in [1.54, 1.807) is 10.7 Å². The maximum atomic E-state index is 12.4. The highest BCUT2D eigenvalue weighted by Crippen LogP contribution is 2.37. The van der Waals surface area contributed by atoms with Gasteiger partial charge in [-0.25, -0.2) is 13.4 Å². The van der Waals surface area contributed by atoms with Crippen LogP contribution in [-0.2, 0) is 25.9 Å². The van der Waals surface area contributed by atoms with Crippen LogP contribution < -0.4 is 4.90 Å². The Morgan fingerprint density at radius 3 is 2.20 bits per heavy atom. The molecular formula is C33H49N5O5SSi2. The molecule has 0 radical (unpaired) electrons. The third-order valence-electron chi connectivity index (χ3n) is 8.54. The molecule has 0 unspecified atom stereocenters. The number of hydrogen-bond acceptors (Lipinski definition) is 9. The van der Waals surface area contributed by atoms with E-state index in [1.165, 1.54) is 0 Å². The summed E-state index contributed by atoms with van der Waals surface area (Å²) >= 11 is 0. The number of para-hydroxylation sites is 1. The van der Waals surface area contributed by atoms with Crippen molar-refractivity contribution in [1.82, 2.24) is 19.6 Å². The van der Waals surface area contributed by atoms with E-state index in [-0.39, 0.29) is 37.5 Å². The average Bonchev–Trinajstić information content (AvgIpc) is 3.42. The van der Waals surface area contributed by atoms with Gasteiger partial charge < -0.3 is 19.5 Å². The molecule has 0 aliphatic carbocycles. The largest absolute Gasteiger partial charge is 0.391 e. The topological polar surface area (TPSA) is 119 Å². The quantitative estimate of drug-likeness (QED) is 0.0947. The molecule has 13 heteroatoms. The van der Waals surface area contributed by atoms with Crippen LogP contribution in [0.1, 0.15) is 30.0 Å². The lowest BCUT2D eigenvalue weighted by molar-refractivity contribution is 0.0937. The molecule has 0 atom stereocenters. The first-order valence-corrected chi connectivity index (χ1v) is 25.5. The minimum absolute atomic E-state index is 0.106. The molecule has 5 rings (SSSR count). The highest BCUT2D eigenvalue weighted by atomic mass is 32.2. The zero-order chi connectivity index (χ0) is 33.1. The Morgan fingerprint density at radius 2 is 1.59 bits per heavy atom. The van der Waals surface area contributed by atoms with Crippen LogP contribution >= 0.6 is 0 Å². The van der Waals surface area contributed by atoms with E-state index in [2.05, 4.69) is 50.3 Å². The zero-order valence-corrected chi connectivity index (χ0v) is 30.9. The van der Waals surface area contributed by atoms with Gasteiger partial charge in [-0.1, -0.05) is 57.5 Å². The molecule has 3 aromatic heterocycles. The molecule has 46 heavy (non-hydrogen) atoms. The molecule has 250 valence electrons. The summed E-state index contributed by atoms with van der Waals surface area (Å²) < 4.78 is 39.1. The number of aliphatic hydroxyl groups excluding tert-OH is 1. The summed E-state index contributed by atoms with van der Waals surface area (Å²) in [6, 6.07) is 12.1. The van der Waals surface area contributed by atoms with Crippen molar-refractivity contribution in [1.29, 1.82) is 0 Å². The lowest BCUT2D eigenvalue weighted by Gasteiger charge is -2.30. The molecule has 1 saturated heterocycles. The first-order chi connectivity index (χ1) is 21.7. The van der Waals surface area contributed by atoms with Crippen molar-refractivity contribution in [3.8, 4) is 11.1 Å². The summed E-state index contributed by atoms with van der Waals surface area (Å²) in [6.45, 7) is 15.5. The predicted octanol–water partition coefficient (Wildman–Crippen LogP) is 6.16. The van der Waals surface area contributed by atoms with E-state index in [4.69, 9.17) is 19.6 Å². The number of anilines is 1. The van der Waals surface area contributed by atoms with Gasteiger partial charge in [-0.05, 0) is 37.1 Å². The normalized spacial score (nSPS) is 16.0. The molecule has 1 aliphatic rings. The van der Waals surface area contributed by atoms with Crippen LogP contribution in [0.15, 0.2) is 42.7 Å². The van der Waals surface area contributed by atoms with Gasteiger partial charge in [-0.2, -0.15) is 9.61 Å². The van der Waals surface area contributed by atoms with E-state index in [0.717, 1.165) is 34.1 Å². The molecular weight excluding hydrogens is 635 g/mol. The van der Waals surface area contributed by atoms with Gasteiger partial charge in [0.25, 0.3) is 0 Å². The fourth-order valence-corrected chi connectivity index (χ4v) is 8.70. The standard InChI is InChI=1S/C33H49N5O5SSi2/c1-45(2,3)17-13-42-23-37(24-43-14-18-46(4,5)6)33-29(22-39)31(25-11-15-44(40,41)16-12-25)36-32-28(21-35-38(32)33)27-19-26-9-7-8-10-30(26)34-20-27/h7-10,19-21,25,39H,11-18,22-24H2,1-6H3. The lowest BCUT2D eigenvalue weighted by atomic mass is 9.94. The van der Waals surface area contributed by atoms with Crippen molar-refractivity contribution in [3.05, 3.63) is 54.0 Å². The maximum Gasteiger partial charge on any atom is 0.165 e. The monoisotopic (exact) mass is 683 g/mol. The number of nitrogens with zero attached hydrogens (tertiary/aromatic N) is 5. The summed E-state index contributed by atoms with van der Waals surface area (Å²) in [4.78, 5) is 11.8. The van der Waals surface area contributed by atoms with Gasteiger partial charge in [0, 0.05) is 63.6 Å². The number of ether oxygens (including phenoxy) is 2. The lowest BCUT2D eigenvalue weighted by Crippen LogP contribution is -2.35. The Kier molecular flexibility index (Phi) is 10.7. The fourth-order valence-electron chi connectivity index (χ4n) is 5.69.